The molecule has 0 unspecified atom stereocenters. The van der Waals surface area contributed by atoms with Gasteiger partial charge in [0.25, 0.3) is 0 Å². The summed E-state index contributed by atoms with van der Waals surface area (Å²) in [6, 6.07) is 11.0. The van der Waals surface area contributed by atoms with Gasteiger partial charge in [-0.05, 0) is 5.56 Å². The molecule has 0 bridgehead atoms. The number of sulfonamides is 1. The van der Waals surface area contributed by atoms with Crippen LogP contribution in [0.4, 0.5) is 0 Å². The second-order valence-electron chi connectivity index (χ2n) is 3.13. The third-order valence-corrected chi connectivity index (χ3v) is 5.04. The average molecular weight is 303 g/mol. The first-order valence-electron chi connectivity index (χ1n) is 4.55. The second kappa shape index (κ2) is 5.99. The first kappa shape index (κ1) is 13.2. The number of nitrogens with zero attached hydrogens (tertiary/aromatic N) is 2. The molecule has 0 aliphatic carbocycles. The first-order chi connectivity index (χ1) is 7.60. The number of halogens is 1. The number of alkyl halides is 1. The van der Waals surface area contributed by atoms with Gasteiger partial charge in [-0.2, -0.15) is 9.57 Å². The van der Waals surface area contributed by atoms with Crippen molar-refractivity contribution in [1.82, 2.24) is 4.31 Å². The minimum Gasteiger partial charge on any atom is -0.211 e. The van der Waals surface area contributed by atoms with Gasteiger partial charge in [-0.15, -0.1) is 0 Å². The Bertz CT molecular complexity index is 467. The molecule has 6 heteroatoms. The molecule has 1 rings (SSSR count). The van der Waals surface area contributed by atoms with E-state index in [0.717, 1.165) is 9.87 Å². The third-order valence-electron chi connectivity index (χ3n) is 1.98. The smallest absolute Gasteiger partial charge is 0.211 e. The van der Waals surface area contributed by atoms with E-state index in [1.807, 2.05) is 36.4 Å². The first-order valence-corrected chi connectivity index (χ1v) is 7.28. The van der Waals surface area contributed by atoms with Gasteiger partial charge in [0.2, 0.25) is 10.0 Å². The Kier molecular flexibility index (Phi) is 4.93. The van der Waals surface area contributed by atoms with E-state index >= 15 is 0 Å². The molecule has 0 heterocycles. The molecule has 16 heavy (non-hydrogen) atoms. The van der Waals surface area contributed by atoms with E-state index in [-0.39, 0.29) is 17.8 Å². The number of hydrogen-bond donors (Lipinski definition) is 0. The van der Waals surface area contributed by atoms with Crippen LogP contribution in [-0.4, -0.2) is 23.9 Å². The van der Waals surface area contributed by atoms with Gasteiger partial charge in [0.15, 0.2) is 0 Å². The molecule has 0 spiro atoms. The van der Waals surface area contributed by atoms with Crippen molar-refractivity contribution in [2.24, 2.45) is 0 Å². The number of benzene rings is 1. The molecule has 0 aliphatic heterocycles. The highest BCUT2D eigenvalue weighted by molar-refractivity contribution is 9.10. The quantitative estimate of drug-likeness (QED) is 0.614. The minimum atomic E-state index is -3.39. The molecular weight excluding hydrogens is 292 g/mol. The van der Waals surface area contributed by atoms with Crippen molar-refractivity contribution in [2.75, 3.05) is 11.2 Å². The number of rotatable bonds is 5. The van der Waals surface area contributed by atoms with E-state index in [2.05, 4.69) is 15.9 Å². The lowest BCUT2D eigenvalue weighted by Crippen LogP contribution is -2.31. The summed E-state index contributed by atoms with van der Waals surface area (Å²) in [6.45, 7) is 0.0885. The normalized spacial score (nSPS) is 11.3. The van der Waals surface area contributed by atoms with E-state index in [9.17, 15) is 8.42 Å². The van der Waals surface area contributed by atoms with Crippen molar-refractivity contribution in [1.29, 1.82) is 5.26 Å². The lowest BCUT2D eigenvalue weighted by Gasteiger charge is -2.17. The predicted molar refractivity (Wildman–Crippen MR) is 65.2 cm³/mol. The van der Waals surface area contributed by atoms with Crippen LogP contribution in [0.25, 0.3) is 0 Å². The molecular formula is C10H11BrN2O2S. The van der Waals surface area contributed by atoms with E-state index in [1.165, 1.54) is 0 Å². The number of nitriles is 1. The molecule has 0 atom stereocenters. The zero-order valence-corrected chi connectivity index (χ0v) is 10.9. The van der Waals surface area contributed by atoms with E-state index in [1.54, 1.807) is 0 Å². The Labute approximate surface area is 104 Å². The Hall–Kier alpha value is -0.900. The molecule has 0 amide bonds. The highest BCUT2D eigenvalue weighted by atomic mass is 79.9. The highest BCUT2D eigenvalue weighted by Gasteiger charge is 2.20. The van der Waals surface area contributed by atoms with Crippen LogP contribution in [-0.2, 0) is 16.6 Å². The van der Waals surface area contributed by atoms with Crippen LogP contribution in [0.15, 0.2) is 30.3 Å². The van der Waals surface area contributed by atoms with Crippen molar-refractivity contribution in [3.05, 3.63) is 35.9 Å². The molecule has 0 radical (unpaired) electrons. The monoisotopic (exact) mass is 302 g/mol. The Morgan fingerprint density at radius 1 is 1.31 bits per heavy atom. The van der Waals surface area contributed by atoms with Gasteiger partial charge >= 0.3 is 0 Å². The molecule has 0 fully saturated rings. The van der Waals surface area contributed by atoms with Crippen molar-refractivity contribution >= 4 is 26.0 Å². The molecule has 0 saturated heterocycles. The van der Waals surface area contributed by atoms with Crippen LogP contribution in [0.2, 0.25) is 0 Å². The standard InChI is InChI=1S/C10H11BrN2O2S/c11-9-16(14,15)13(7-6-12)8-10-4-2-1-3-5-10/h1-5H,7-9H2. The maximum absolute atomic E-state index is 11.6. The lowest BCUT2D eigenvalue weighted by atomic mass is 10.2. The van der Waals surface area contributed by atoms with E-state index in [0.29, 0.717) is 0 Å². The molecule has 86 valence electrons. The van der Waals surface area contributed by atoms with Crippen LogP contribution < -0.4 is 0 Å². The minimum absolute atomic E-state index is 0.136. The zero-order chi connectivity index (χ0) is 12.0. The predicted octanol–water partition coefficient (Wildman–Crippen LogP) is 1.69. The Morgan fingerprint density at radius 3 is 2.44 bits per heavy atom. The summed E-state index contributed by atoms with van der Waals surface area (Å²) in [5.74, 6) is 0. The molecule has 0 saturated carbocycles. The van der Waals surface area contributed by atoms with Crippen LogP contribution in [0.5, 0.6) is 0 Å². The molecule has 0 aromatic heterocycles. The van der Waals surface area contributed by atoms with Gasteiger partial charge in [0, 0.05) is 6.54 Å². The fraction of sp³-hybridized carbons (Fsp3) is 0.300. The second-order valence-corrected chi connectivity index (χ2v) is 6.40. The van der Waals surface area contributed by atoms with Gasteiger partial charge < -0.3 is 0 Å². The van der Waals surface area contributed by atoms with E-state index in [4.69, 9.17) is 5.26 Å². The highest BCUT2D eigenvalue weighted by Crippen LogP contribution is 2.10. The third kappa shape index (κ3) is 3.59. The fourth-order valence-electron chi connectivity index (χ4n) is 1.19. The Balaban J connectivity index is 2.86. The SMILES string of the molecule is N#CCN(Cc1ccccc1)S(=O)(=O)CBr. The maximum Gasteiger partial charge on any atom is 0.225 e. The summed E-state index contributed by atoms with van der Waals surface area (Å²) in [5, 5.41) is 8.60. The molecule has 0 aliphatic rings. The topological polar surface area (TPSA) is 61.2 Å². The Morgan fingerprint density at radius 2 is 1.94 bits per heavy atom. The van der Waals surface area contributed by atoms with Gasteiger partial charge in [-0.25, -0.2) is 8.42 Å². The van der Waals surface area contributed by atoms with Crippen LogP contribution in [0.1, 0.15) is 5.56 Å². The molecule has 1 aromatic carbocycles. The van der Waals surface area contributed by atoms with Crippen molar-refractivity contribution < 1.29 is 8.42 Å². The molecule has 1 aromatic rings. The van der Waals surface area contributed by atoms with Gasteiger partial charge in [-0.3, -0.25) is 0 Å². The van der Waals surface area contributed by atoms with Crippen LogP contribution in [0, 0.1) is 11.3 Å². The molecule has 0 N–H and O–H groups in total. The van der Waals surface area contributed by atoms with E-state index < -0.39 is 10.0 Å². The summed E-state index contributed by atoms with van der Waals surface area (Å²) >= 11 is 2.92. The lowest BCUT2D eigenvalue weighted by molar-refractivity contribution is 0.445. The largest absolute Gasteiger partial charge is 0.225 e. The van der Waals surface area contributed by atoms with Crippen LogP contribution in [0.3, 0.4) is 0 Å². The van der Waals surface area contributed by atoms with Crippen molar-refractivity contribution in [3.63, 3.8) is 0 Å². The zero-order valence-electron chi connectivity index (χ0n) is 8.51. The van der Waals surface area contributed by atoms with Crippen LogP contribution >= 0.6 is 15.9 Å². The van der Waals surface area contributed by atoms with Crippen molar-refractivity contribution in [3.8, 4) is 6.07 Å². The molecule has 4 nitrogen and oxygen atoms in total. The summed E-state index contributed by atoms with van der Waals surface area (Å²) in [7, 11) is -3.39. The summed E-state index contributed by atoms with van der Waals surface area (Å²) in [6.07, 6.45) is 0. The average Bonchev–Trinajstić information content (AvgIpc) is 2.30. The maximum atomic E-state index is 11.6. The van der Waals surface area contributed by atoms with Gasteiger partial charge in [0.05, 0.1) is 6.07 Å². The summed E-state index contributed by atoms with van der Waals surface area (Å²) in [4.78, 5) is 0. The summed E-state index contributed by atoms with van der Waals surface area (Å²) < 4.78 is 24.2. The van der Waals surface area contributed by atoms with Gasteiger partial charge in [0.1, 0.15) is 11.2 Å². The summed E-state index contributed by atoms with van der Waals surface area (Å²) in [5.41, 5.74) is 0.863. The van der Waals surface area contributed by atoms with Crippen molar-refractivity contribution in [2.45, 2.75) is 6.54 Å². The van der Waals surface area contributed by atoms with Gasteiger partial charge in [-0.1, -0.05) is 46.3 Å². The fourth-order valence-corrected chi connectivity index (χ4v) is 2.79. The number of hydrogen-bond acceptors (Lipinski definition) is 3.